The average molecular weight is 390 g/mol. The highest BCUT2D eigenvalue weighted by Gasteiger charge is 2.57. The normalized spacial score (nSPS) is 23.6. The third kappa shape index (κ3) is 3.14. The quantitative estimate of drug-likeness (QED) is 0.835. The largest absolute Gasteiger partial charge is 0.478 e. The van der Waals surface area contributed by atoms with E-state index in [1.165, 1.54) is 0 Å². The Morgan fingerprint density at radius 2 is 1.69 bits per heavy atom. The number of rotatable bonds is 4. The standard InChI is InChI=1S/C24H26N2O3/c25-24(8-9-24)22(29)26-12-10-23(11-13-26)15-20(23)19-14-17(21(27)28)6-7-18(19)16-4-2-1-3-5-16/h1-7,14,20H,8-13,15,25H2,(H,27,28). The Hall–Kier alpha value is -2.66. The van der Waals surface area contributed by atoms with Gasteiger partial charge in [-0.25, -0.2) is 4.79 Å². The molecule has 5 heteroatoms. The van der Waals surface area contributed by atoms with Crippen molar-refractivity contribution in [1.82, 2.24) is 4.90 Å². The van der Waals surface area contributed by atoms with Crippen molar-refractivity contribution in [1.29, 1.82) is 0 Å². The lowest BCUT2D eigenvalue weighted by Crippen LogP contribution is -2.49. The van der Waals surface area contributed by atoms with Crippen LogP contribution in [-0.2, 0) is 4.79 Å². The number of hydrogen-bond donors (Lipinski definition) is 2. The van der Waals surface area contributed by atoms with E-state index in [4.69, 9.17) is 5.73 Å². The van der Waals surface area contributed by atoms with Crippen LogP contribution in [-0.4, -0.2) is 40.5 Å². The molecule has 1 spiro atoms. The number of carbonyl (C=O) groups excluding carboxylic acids is 1. The van der Waals surface area contributed by atoms with Crippen LogP contribution >= 0.6 is 0 Å². The summed E-state index contributed by atoms with van der Waals surface area (Å²) in [5.74, 6) is -0.428. The first kappa shape index (κ1) is 18.4. The first-order chi connectivity index (χ1) is 13.9. The number of piperidine rings is 1. The Balaban J connectivity index is 1.40. The van der Waals surface area contributed by atoms with E-state index in [0.29, 0.717) is 11.5 Å². The number of aromatic carboxylic acids is 1. The molecule has 1 unspecified atom stereocenters. The number of nitrogens with two attached hydrogens (primary N) is 1. The molecule has 0 aromatic heterocycles. The molecule has 1 amide bonds. The molecule has 2 saturated carbocycles. The first-order valence-electron chi connectivity index (χ1n) is 10.4. The SMILES string of the molecule is NC1(C(=O)N2CCC3(CC2)CC3c2cc(C(=O)O)ccc2-c2ccccc2)CC1. The van der Waals surface area contributed by atoms with E-state index < -0.39 is 11.5 Å². The Morgan fingerprint density at radius 3 is 2.31 bits per heavy atom. The molecule has 5 rings (SSSR count). The zero-order valence-corrected chi connectivity index (χ0v) is 16.4. The van der Waals surface area contributed by atoms with Gasteiger partial charge in [-0.1, -0.05) is 36.4 Å². The summed E-state index contributed by atoms with van der Waals surface area (Å²) in [6.45, 7) is 1.52. The topological polar surface area (TPSA) is 83.6 Å². The maximum absolute atomic E-state index is 12.6. The zero-order chi connectivity index (χ0) is 20.2. The predicted molar refractivity (Wildman–Crippen MR) is 111 cm³/mol. The van der Waals surface area contributed by atoms with Crippen LogP contribution in [0.15, 0.2) is 48.5 Å². The minimum Gasteiger partial charge on any atom is -0.478 e. The minimum absolute atomic E-state index is 0.113. The summed E-state index contributed by atoms with van der Waals surface area (Å²) in [6.07, 6.45) is 4.60. The van der Waals surface area contributed by atoms with Crippen molar-refractivity contribution in [2.45, 2.75) is 43.6 Å². The van der Waals surface area contributed by atoms with E-state index in [1.54, 1.807) is 6.07 Å². The van der Waals surface area contributed by atoms with Crippen molar-refractivity contribution in [3.8, 4) is 11.1 Å². The number of carboxylic acid groups (broad SMARTS) is 1. The van der Waals surface area contributed by atoms with Crippen LogP contribution < -0.4 is 5.73 Å². The Labute approximate surface area is 170 Å². The van der Waals surface area contributed by atoms with Crippen molar-refractivity contribution < 1.29 is 14.7 Å². The molecule has 2 aromatic rings. The Bertz CT molecular complexity index is 973. The van der Waals surface area contributed by atoms with Gasteiger partial charge in [0.1, 0.15) is 0 Å². The second-order valence-corrected chi connectivity index (χ2v) is 9.04. The second kappa shape index (κ2) is 6.42. The summed E-state index contributed by atoms with van der Waals surface area (Å²) in [4.78, 5) is 26.1. The van der Waals surface area contributed by atoms with E-state index in [-0.39, 0.29) is 11.3 Å². The molecule has 0 radical (unpaired) electrons. The number of benzene rings is 2. The lowest BCUT2D eigenvalue weighted by atomic mass is 9.85. The van der Waals surface area contributed by atoms with Gasteiger partial charge in [-0.05, 0) is 72.3 Å². The lowest BCUT2D eigenvalue weighted by Gasteiger charge is -2.34. The Morgan fingerprint density at radius 1 is 1.00 bits per heavy atom. The van der Waals surface area contributed by atoms with Crippen molar-refractivity contribution in [2.75, 3.05) is 13.1 Å². The van der Waals surface area contributed by atoms with Crippen LogP contribution in [0.2, 0.25) is 0 Å². The number of carbonyl (C=O) groups is 2. The summed E-state index contributed by atoms with van der Waals surface area (Å²) in [7, 11) is 0. The van der Waals surface area contributed by atoms with Crippen LogP contribution in [0, 0.1) is 5.41 Å². The van der Waals surface area contributed by atoms with Crippen LogP contribution in [0.25, 0.3) is 11.1 Å². The molecule has 2 aromatic carbocycles. The average Bonchev–Trinajstić information content (AvgIpc) is 3.66. The van der Waals surface area contributed by atoms with Gasteiger partial charge in [-0.2, -0.15) is 0 Å². The fraction of sp³-hybridized carbons (Fsp3) is 0.417. The molecular weight excluding hydrogens is 364 g/mol. The van der Waals surface area contributed by atoms with Gasteiger partial charge in [0.2, 0.25) is 5.91 Å². The van der Waals surface area contributed by atoms with Gasteiger partial charge < -0.3 is 15.7 Å². The monoisotopic (exact) mass is 390 g/mol. The van der Waals surface area contributed by atoms with Crippen LogP contribution in [0.1, 0.15) is 53.9 Å². The molecule has 2 aliphatic carbocycles. The molecule has 3 fully saturated rings. The second-order valence-electron chi connectivity index (χ2n) is 9.04. The molecule has 150 valence electrons. The summed E-state index contributed by atoms with van der Waals surface area (Å²) in [6, 6.07) is 15.7. The van der Waals surface area contributed by atoms with E-state index in [2.05, 4.69) is 12.1 Å². The molecule has 1 atom stereocenters. The third-order valence-corrected chi connectivity index (χ3v) is 7.21. The molecule has 1 heterocycles. The lowest BCUT2D eigenvalue weighted by molar-refractivity contribution is -0.135. The minimum atomic E-state index is -0.890. The van der Waals surface area contributed by atoms with Crippen molar-refractivity contribution in [3.63, 3.8) is 0 Å². The highest BCUT2D eigenvalue weighted by atomic mass is 16.4. The molecule has 5 nitrogen and oxygen atoms in total. The van der Waals surface area contributed by atoms with E-state index in [0.717, 1.165) is 61.9 Å². The maximum Gasteiger partial charge on any atom is 0.335 e. The van der Waals surface area contributed by atoms with Crippen molar-refractivity contribution in [3.05, 3.63) is 59.7 Å². The highest BCUT2D eigenvalue weighted by Crippen LogP contribution is 2.66. The van der Waals surface area contributed by atoms with E-state index in [1.807, 2.05) is 35.2 Å². The van der Waals surface area contributed by atoms with Gasteiger partial charge in [0.05, 0.1) is 11.1 Å². The van der Waals surface area contributed by atoms with E-state index in [9.17, 15) is 14.7 Å². The fourth-order valence-electron chi connectivity index (χ4n) is 5.02. The Kier molecular flexibility index (Phi) is 4.07. The number of nitrogens with zero attached hydrogens (tertiary/aromatic N) is 1. The van der Waals surface area contributed by atoms with Gasteiger partial charge in [0.25, 0.3) is 0 Å². The first-order valence-corrected chi connectivity index (χ1v) is 10.4. The number of amides is 1. The number of hydrogen-bond acceptors (Lipinski definition) is 3. The predicted octanol–water partition coefficient (Wildman–Crippen LogP) is 3.64. The van der Waals surface area contributed by atoms with Gasteiger partial charge in [-0.3, -0.25) is 4.79 Å². The van der Waals surface area contributed by atoms with Crippen molar-refractivity contribution in [2.24, 2.45) is 11.1 Å². The van der Waals surface area contributed by atoms with Crippen LogP contribution in [0.3, 0.4) is 0 Å². The molecule has 0 bridgehead atoms. The fourth-order valence-corrected chi connectivity index (χ4v) is 5.02. The number of carboxylic acids is 1. The van der Waals surface area contributed by atoms with Crippen LogP contribution in [0.5, 0.6) is 0 Å². The summed E-state index contributed by atoms with van der Waals surface area (Å²) in [5, 5.41) is 9.50. The molecule has 29 heavy (non-hydrogen) atoms. The van der Waals surface area contributed by atoms with Gasteiger partial charge >= 0.3 is 5.97 Å². The zero-order valence-electron chi connectivity index (χ0n) is 16.4. The molecular formula is C24H26N2O3. The van der Waals surface area contributed by atoms with Gasteiger partial charge in [-0.15, -0.1) is 0 Å². The molecule has 3 aliphatic rings. The van der Waals surface area contributed by atoms with E-state index >= 15 is 0 Å². The van der Waals surface area contributed by atoms with Gasteiger partial charge in [0, 0.05) is 13.1 Å². The number of likely N-dealkylation sites (tertiary alicyclic amines) is 1. The molecule has 3 N–H and O–H groups in total. The summed E-state index contributed by atoms with van der Waals surface area (Å²) >= 11 is 0. The van der Waals surface area contributed by atoms with Gasteiger partial charge in [0.15, 0.2) is 0 Å². The highest BCUT2D eigenvalue weighted by molar-refractivity contribution is 5.90. The van der Waals surface area contributed by atoms with Crippen LogP contribution in [0.4, 0.5) is 0 Å². The summed E-state index contributed by atoms with van der Waals surface area (Å²) in [5.41, 5.74) is 9.41. The summed E-state index contributed by atoms with van der Waals surface area (Å²) < 4.78 is 0. The smallest absolute Gasteiger partial charge is 0.335 e. The van der Waals surface area contributed by atoms with Crippen molar-refractivity contribution >= 4 is 11.9 Å². The molecule has 1 saturated heterocycles. The molecule has 1 aliphatic heterocycles. The maximum atomic E-state index is 12.6. The third-order valence-electron chi connectivity index (χ3n) is 7.21.